The van der Waals surface area contributed by atoms with Gasteiger partial charge in [-0.25, -0.2) is 9.37 Å². The molecule has 39 heavy (non-hydrogen) atoms. The van der Waals surface area contributed by atoms with Gasteiger partial charge in [-0.05, 0) is 64.5 Å². The van der Waals surface area contributed by atoms with E-state index >= 15 is 0 Å². The quantitative estimate of drug-likeness (QED) is 0.0761. The molecule has 4 aromatic rings. The van der Waals surface area contributed by atoms with E-state index in [2.05, 4.69) is 47.9 Å². The molecule has 0 N–H and O–H groups in total. The van der Waals surface area contributed by atoms with Crippen LogP contribution in [-0.4, -0.2) is 11.0 Å². The number of azide groups is 1. The van der Waals surface area contributed by atoms with Gasteiger partial charge in [0.25, 0.3) is 0 Å². The van der Waals surface area contributed by atoms with Gasteiger partial charge in [0.05, 0.1) is 11.2 Å². The predicted molar refractivity (Wildman–Crippen MR) is 149 cm³/mol. The molecule has 198 valence electrons. The monoisotopic (exact) mass is 524 g/mol. The minimum atomic E-state index is -0.532. The number of benzene rings is 3. The van der Waals surface area contributed by atoms with Gasteiger partial charge >= 0.3 is 5.97 Å². The third kappa shape index (κ3) is 6.80. The summed E-state index contributed by atoms with van der Waals surface area (Å²) in [4.78, 5) is 19.3. The molecular formula is C31H29FN4O3. The van der Waals surface area contributed by atoms with Gasteiger partial charge in [0, 0.05) is 34.9 Å². The summed E-state index contributed by atoms with van der Waals surface area (Å²) in [5.74, 6) is -0.234. The molecule has 1 atom stereocenters. The van der Waals surface area contributed by atoms with Crippen molar-refractivity contribution in [1.29, 1.82) is 0 Å². The van der Waals surface area contributed by atoms with Crippen LogP contribution in [0.1, 0.15) is 56.0 Å². The highest BCUT2D eigenvalue weighted by molar-refractivity contribution is 5.79. The summed E-state index contributed by atoms with van der Waals surface area (Å²) in [5, 5.41) is 4.26. The van der Waals surface area contributed by atoms with E-state index in [4.69, 9.17) is 15.0 Å². The summed E-state index contributed by atoms with van der Waals surface area (Å²) >= 11 is 0. The first-order valence-electron chi connectivity index (χ1n) is 12.5. The standard InChI is InChI=1S/C31H29FN4O3/c1-20(37)39-29(18-34-36-33)26-14-13-25(17-27(26)30(31(2,3)4)21-8-6-5-7-9-21)38-19-24-12-10-22-16-23(32)11-15-28(22)35-24/h5-18,30H,19H2,1-4H3. The maximum absolute atomic E-state index is 13.5. The number of carbonyl (C=O) groups excluding carboxylic acids is 1. The van der Waals surface area contributed by atoms with Gasteiger partial charge in [-0.2, -0.15) is 0 Å². The largest absolute Gasteiger partial charge is 0.487 e. The Bertz CT molecular complexity index is 1570. The van der Waals surface area contributed by atoms with Gasteiger partial charge in [0.1, 0.15) is 23.9 Å². The lowest BCUT2D eigenvalue weighted by molar-refractivity contribution is -0.134. The van der Waals surface area contributed by atoms with Gasteiger partial charge in [-0.3, -0.25) is 4.79 Å². The Balaban J connectivity index is 1.78. The fourth-order valence-electron chi connectivity index (χ4n) is 4.65. The number of aromatic nitrogens is 1. The number of halogens is 1. The Labute approximate surface area is 226 Å². The maximum atomic E-state index is 13.5. The first-order valence-corrected chi connectivity index (χ1v) is 12.5. The lowest BCUT2D eigenvalue weighted by Gasteiger charge is -2.33. The minimum Gasteiger partial charge on any atom is -0.487 e. The molecule has 0 saturated heterocycles. The molecule has 0 radical (unpaired) electrons. The smallest absolute Gasteiger partial charge is 0.308 e. The van der Waals surface area contributed by atoms with Crippen LogP contribution in [0.4, 0.5) is 4.39 Å². The molecule has 1 unspecified atom stereocenters. The fourth-order valence-corrected chi connectivity index (χ4v) is 4.65. The van der Waals surface area contributed by atoms with Crippen molar-refractivity contribution < 1.29 is 18.7 Å². The molecule has 0 fully saturated rings. The van der Waals surface area contributed by atoms with Gasteiger partial charge in [0.2, 0.25) is 0 Å². The van der Waals surface area contributed by atoms with Crippen LogP contribution in [0.3, 0.4) is 0 Å². The number of rotatable bonds is 8. The SMILES string of the molecule is CC(=O)OC(=CN=[N+]=[N-])c1ccc(OCc2ccc3cc(F)ccc3n2)cc1C(c1ccccc1)C(C)(C)C. The molecule has 1 heterocycles. The van der Waals surface area contributed by atoms with Crippen LogP contribution in [0.25, 0.3) is 27.1 Å². The van der Waals surface area contributed by atoms with Crippen molar-refractivity contribution in [1.82, 2.24) is 4.98 Å². The van der Waals surface area contributed by atoms with Crippen LogP contribution >= 0.6 is 0 Å². The van der Waals surface area contributed by atoms with E-state index in [0.717, 1.165) is 11.1 Å². The molecule has 0 saturated carbocycles. The molecular weight excluding hydrogens is 495 g/mol. The number of pyridine rings is 1. The third-order valence-corrected chi connectivity index (χ3v) is 6.17. The highest BCUT2D eigenvalue weighted by Crippen LogP contribution is 2.44. The zero-order valence-corrected chi connectivity index (χ0v) is 22.3. The molecule has 1 aromatic heterocycles. The predicted octanol–water partition coefficient (Wildman–Crippen LogP) is 8.30. The summed E-state index contributed by atoms with van der Waals surface area (Å²) in [6.07, 6.45) is 1.20. The molecule has 0 amide bonds. The lowest BCUT2D eigenvalue weighted by atomic mass is 9.71. The van der Waals surface area contributed by atoms with Crippen molar-refractivity contribution in [2.75, 3.05) is 0 Å². The minimum absolute atomic E-state index is 0.129. The first kappa shape index (κ1) is 27.4. The number of fused-ring (bicyclic) bond motifs is 1. The van der Waals surface area contributed by atoms with Crippen LogP contribution in [-0.2, 0) is 16.1 Å². The van der Waals surface area contributed by atoms with Crippen molar-refractivity contribution in [2.45, 2.75) is 40.2 Å². The number of hydrogen-bond donors (Lipinski definition) is 0. The van der Waals surface area contributed by atoms with Crippen molar-refractivity contribution in [2.24, 2.45) is 10.5 Å². The highest BCUT2D eigenvalue weighted by Gasteiger charge is 2.31. The Morgan fingerprint density at radius 1 is 1.08 bits per heavy atom. The van der Waals surface area contributed by atoms with Crippen LogP contribution in [0.2, 0.25) is 0 Å². The second-order valence-corrected chi connectivity index (χ2v) is 10.2. The lowest BCUT2D eigenvalue weighted by Crippen LogP contribution is -2.21. The van der Waals surface area contributed by atoms with E-state index in [0.29, 0.717) is 27.9 Å². The average molecular weight is 525 g/mol. The van der Waals surface area contributed by atoms with Gasteiger partial charge < -0.3 is 9.47 Å². The van der Waals surface area contributed by atoms with Gasteiger partial charge in [0.15, 0.2) is 0 Å². The van der Waals surface area contributed by atoms with Crippen molar-refractivity contribution in [3.63, 3.8) is 0 Å². The number of ether oxygens (including phenoxy) is 2. The van der Waals surface area contributed by atoms with E-state index in [1.807, 2.05) is 30.3 Å². The molecule has 4 rings (SSSR count). The third-order valence-electron chi connectivity index (χ3n) is 6.17. The highest BCUT2D eigenvalue weighted by atomic mass is 19.1. The normalized spacial score (nSPS) is 12.5. The molecule has 0 aliphatic carbocycles. The second kappa shape index (κ2) is 11.8. The van der Waals surface area contributed by atoms with Crippen molar-refractivity contribution in [3.8, 4) is 5.75 Å². The summed E-state index contributed by atoms with van der Waals surface area (Å²) < 4.78 is 25.2. The van der Waals surface area contributed by atoms with E-state index in [-0.39, 0.29) is 29.5 Å². The topological polar surface area (TPSA) is 97.2 Å². The molecule has 0 spiro atoms. The second-order valence-electron chi connectivity index (χ2n) is 10.2. The van der Waals surface area contributed by atoms with Crippen LogP contribution < -0.4 is 4.74 Å². The van der Waals surface area contributed by atoms with Crippen LogP contribution in [0.5, 0.6) is 5.75 Å². The van der Waals surface area contributed by atoms with Crippen LogP contribution in [0, 0.1) is 11.2 Å². The number of carbonyl (C=O) groups is 1. The molecule has 0 bridgehead atoms. The fraction of sp³-hybridized carbons (Fsp3) is 0.226. The molecule has 0 aliphatic rings. The van der Waals surface area contributed by atoms with E-state index in [9.17, 15) is 9.18 Å². The van der Waals surface area contributed by atoms with Crippen LogP contribution in [0.15, 0.2) is 90.2 Å². The number of esters is 1. The number of hydrogen-bond acceptors (Lipinski definition) is 5. The summed E-state index contributed by atoms with van der Waals surface area (Å²) in [5.41, 5.74) is 12.6. The number of nitrogens with zero attached hydrogens (tertiary/aromatic N) is 4. The summed E-state index contributed by atoms with van der Waals surface area (Å²) in [7, 11) is 0. The zero-order valence-electron chi connectivity index (χ0n) is 22.3. The Kier molecular flexibility index (Phi) is 8.27. The Morgan fingerprint density at radius 3 is 2.54 bits per heavy atom. The molecule has 7 nitrogen and oxygen atoms in total. The summed E-state index contributed by atoms with van der Waals surface area (Å²) in [6, 6.07) is 23.6. The van der Waals surface area contributed by atoms with Gasteiger partial charge in [-0.15, -0.1) is 0 Å². The van der Waals surface area contributed by atoms with Crippen molar-refractivity contribution in [3.05, 3.63) is 124 Å². The molecule has 0 aliphatic heterocycles. The zero-order chi connectivity index (χ0) is 28.0. The molecule has 3 aromatic carbocycles. The van der Waals surface area contributed by atoms with Crippen molar-refractivity contribution >= 4 is 22.6 Å². The van der Waals surface area contributed by atoms with E-state index in [1.54, 1.807) is 24.3 Å². The van der Waals surface area contributed by atoms with Gasteiger partial charge in [-0.1, -0.05) is 62.3 Å². The average Bonchev–Trinajstić information content (AvgIpc) is 2.90. The Hall–Kier alpha value is -4.68. The molecule has 8 heteroatoms. The van der Waals surface area contributed by atoms with E-state index in [1.165, 1.54) is 25.3 Å². The summed E-state index contributed by atoms with van der Waals surface area (Å²) in [6.45, 7) is 7.89. The van der Waals surface area contributed by atoms with E-state index < -0.39 is 5.97 Å². The first-order chi connectivity index (χ1) is 18.7. The Morgan fingerprint density at radius 2 is 1.85 bits per heavy atom. The maximum Gasteiger partial charge on any atom is 0.308 e.